The molecular formula is C14H7BrF4N2O5. The Hall–Kier alpha value is -2.89. The van der Waals surface area contributed by atoms with E-state index in [1.54, 1.807) is 4.98 Å². The summed E-state index contributed by atoms with van der Waals surface area (Å²) in [6.07, 6.45) is -5.15. The fourth-order valence-electron chi connectivity index (χ4n) is 2.30. The SMILES string of the molecule is Nc1[nH]c(=O)c(C(=O)O)c(-c2c(Br)ccc(C(F)(F)F)c2F)c1C(=O)O. The Morgan fingerprint density at radius 1 is 1.08 bits per heavy atom. The number of halogens is 5. The zero-order chi connectivity index (χ0) is 20.0. The van der Waals surface area contributed by atoms with E-state index in [1.807, 2.05) is 0 Å². The van der Waals surface area contributed by atoms with E-state index >= 15 is 0 Å². The maximum absolute atomic E-state index is 14.6. The summed E-state index contributed by atoms with van der Waals surface area (Å²) >= 11 is 2.75. The molecule has 0 saturated carbocycles. The minimum absolute atomic E-state index is 0.375. The second-order valence-corrected chi connectivity index (χ2v) is 5.74. The molecule has 0 aliphatic rings. The maximum atomic E-state index is 14.6. The van der Waals surface area contributed by atoms with E-state index in [0.29, 0.717) is 6.07 Å². The van der Waals surface area contributed by atoms with Gasteiger partial charge in [-0.15, -0.1) is 0 Å². The van der Waals surface area contributed by atoms with Crippen LogP contribution in [-0.2, 0) is 6.18 Å². The van der Waals surface area contributed by atoms with Crippen molar-refractivity contribution in [3.05, 3.63) is 49.5 Å². The Labute approximate surface area is 149 Å². The van der Waals surface area contributed by atoms with Crippen molar-refractivity contribution in [2.75, 3.05) is 5.73 Å². The number of hydrogen-bond acceptors (Lipinski definition) is 4. The van der Waals surface area contributed by atoms with Crippen LogP contribution in [0.25, 0.3) is 11.1 Å². The molecule has 1 aromatic heterocycles. The molecule has 1 heterocycles. The van der Waals surface area contributed by atoms with Crippen LogP contribution in [0.5, 0.6) is 0 Å². The summed E-state index contributed by atoms with van der Waals surface area (Å²) in [5, 5.41) is 18.5. The lowest BCUT2D eigenvalue weighted by atomic mass is 9.93. The van der Waals surface area contributed by atoms with Gasteiger partial charge >= 0.3 is 18.1 Å². The summed E-state index contributed by atoms with van der Waals surface area (Å²) in [5.41, 5.74) is -2.28. The molecule has 0 aliphatic carbocycles. The van der Waals surface area contributed by atoms with Crippen molar-refractivity contribution >= 4 is 33.7 Å². The Bertz CT molecular complexity index is 1000. The van der Waals surface area contributed by atoms with Crippen LogP contribution in [0.4, 0.5) is 23.4 Å². The van der Waals surface area contributed by atoms with Crippen molar-refractivity contribution in [2.45, 2.75) is 6.18 Å². The predicted molar refractivity (Wildman–Crippen MR) is 83.5 cm³/mol. The van der Waals surface area contributed by atoms with Crippen LogP contribution in [0.15, 0.2) is 21.4 Å². The van der Waals surface area contributed by atoms with Gasteiger partial charge in [-0.1, -0.05) is 15.9 Å². The van der Waals surface area contributed by atoms with E-state index in [9.17, 15) is 42.2 Å². The van der Waals surface area contributed by atoms with Crippen LogP contribution in [0.2, 0.25) is 0 Å². The highest BCUT2D eigenvalue weighted by Crippen LogP contribution is 2.41. The molecule has 0 atom stereocenters. The van der Waals surface area contributed by atoms with Gasteiger partial charge in [0.2, 0.25) is 0 Å². The summed E-state index contributed by atoms with van der Waals surface area (Å²) in [4.78, 5) is 36.5. The molecule has 2 aromatic rings. The first-order valence-corrected chi connectivity index (χ1v) is 7.25. The molecule has 138 valence electrons. The van der Waals surface area contributed by atoms with Crippen molar-refractivity contribution in [3.8, 4) is 11.1 Å². The van der Waals surface area contributed by atoms with E-state index in [4.69, 9.17) is 5.73 Å². The number of anilines is 1. The molecule has 7 nitrogen and oxygen atoms in total. The number of nitrogens with two attached hydrogens (primary N) is 1. The highest BCUT2D eigenvalue weighted by Gasteiger charge is 2.38. The molecule has 26 heavy (non-hydrogen) atoms. The van der Waals surface area contributed by atoms with Gasteiger partial charge in [0.25, 0.3) is 5.56 Å². The van der Waals surface area contributed by atoms with Gasteiger partial charge in [0.1, 0.15) is 22.8 Å². The van der Waals surface area contributed by atoms with Crippen molar-refractivity contribution in [2.24, 2.45) is 0 Å². The molecule has 1 aromatic carbocycles. The quantitative estimate of drug-likeness (QED) is 0.544. The lowest BCUT2D eigenvalue weighted by Crippen LogP contribution is -2.25. The number of carboxylic acids is 2. The molecule has 0 unspecified atom stereocenters. The van der Waals surface area contributed by atoms with Gasteiger partial charge in [0.05, 0.1) is 5.56 Å². The number of alkyl halides is 3. The van der Waals surface area contributed by atoms with Crippen LogP contribution in [0.3, 0.4) is 0 Å². The summed E-state index contributed by atoms with van der Waals surface area (Å²) in [6.45, 7) is 0. The third-order valence-electron chi connectivity index (χ3n) is 3.32. The Morgan fingerprint density at radius 2 is 1.62 bits per heavy atom. The predicted octanol–water partition coefficient (Wildman–Crippen LogP) is 2.94. The average Bonchev–Trinajstić information content (AvgIpc) is 2.44. The largest absolute Gasteiger partial charge is 0.478 e. The second-order valence-electron chi connectivity index (χ2n) is 4.88. The fourth-order valence-corrected chi connectivity index (χ4v) is 2.80. The summed E-state index contributed by atoms with van der Waals surface area (Å²) in [7, 11) is 0. The number of rotatable bonds is 3. The molecule has 12 heteroatoms. The number of aromatic nitrogens is 1. The summed E-state index contributed by atoms with van der Waals surface area (Å²) in [6, 6.07) is 1.12. The molecule has 5 N–H and O–H groups in total. The van der Waals surface area contributed by atoms with E-state index in [-0.39, 0.29) is 0 Å². The fraction of sp³-hybridized carbons (Fsp3) is 0.0714. The zero-order valence-electron chi connectivity index (χ0n) is 12.2. The topological polar surface area (TPSA) is 133 Å². The van der Waals surface area contributed by atoms with Crippen molar-refractivity contribution in [1.82, 2.24) is 4.98 Å². The molecular weight excluding hydrogens is 432 g/mol. The van der Waals surface area contributed by atoms with E-state index in [2.05, 4.69) is 15.9 Å². The highest BCUT2D eigenvalue weighted by molar-refractivity contribution is 9.10. The average molecular weight is 439 g/mol. The Kier molecular flexibility index (Phi) is 4.82. The van der Waals surface area contributed by atoms with Crippen LogP contribution < -0.4 is 11.3 Å². The molecule has 0 radical (unpaired) electrons. The molecule has 2 rings (SSSR count). The molecule has 0 saturated heterocycles. The van der Waals surface area contributed by atoms with E-state index < -0.39 is 67.6 Å². The Morgan fingerprint density at radius 3 is 2.08 bits per heavy atom. The van der Waals surface area contributed by atoms with Gasteiger partial charge in [0, 0.05) is 15.6 Å². The number of aromatic amines is 1. The Balaban J connectivity index is 3.14. The first-order valence-electron chi connectivity index (χ1n) is 6.45. The van der Waals surface area contributed by atoms with Crippen LogP contribution in [0, 0.1) is 5.82 Å². The minimum atomic E-state index is -5.15. The lowest BCUT2D eigenvalue weighted by molar-refractivity contribution is -0.139. The van der Waals surface area contributed by atoms with Crippen LogP contribution in [0.1, 0.15) is 26.3 Å². The molecule has 0 aliphatic heterocycles. The van der Waals surface area contributed by atoms with Gasteiger partial charge in [-0.25, -0.2) is 14.0 Å². The summed E-state index contributed by atoms with van der Waals surface area (Å²) in [5.74, 6) is -6.65. The maximum Gasteiger partial charge on any atom is 0.419 e. The number of carbonyl (C=O) groups is 2. The standard InChI is InChI=1S/C14H7BrF4N2O5/c15-4-2-1-3(14(17,18)19)9(16)5(4)6-7(12(23)24)10(20)21-11(22)8(6)13(25)26/h1-2H,(H,23,24)(H,25,26)(H3,20,21,22). The van der Waals surface area contributed by atoms with Gasteiger partial charge in [0.15, 0.2) is 0 Å². The van der Waals surface area contributed by atoms with Gasteiger partial charge in [-0.3, -0.25) is 4.79 Å². The zero-order valence-corrected chi connectivity index (χ0v) is 13.8. The van der Waals surface area contributed by atoms with E-state index in [0.717, 1.165) is 6.07 Å². The first-order chi connectivity index (χ1) is 11.9. The highest BCUT2D eigenvalue weighted by atomic mass is 79.9. The molecule has 0 spiro atoms. The number of nitrogen functional groups attached to an aromatic ring is 1. The van der Waals surface area contributed by atoms with Gasteiger partial charge in [-0.2, -0.15) is 13.2 Å². The smallest absolute Gasteiger partial charge is 0.419 e. The number of hydrogen-bond donors (Lipinski definition) is 4. The van der Waals surface area contributed by atoms with Crippen molar-refractivity contribution < 1.29 is 37.4 Å². The van der Waals surface area contributed by atoms with Crippen LogP contribution >= 0.6 is 15.9 Å². The first kappa shape index (κ1) is 19.4. The number of pyridine rings is 1. The summed E-state index contributed by atoms with van der Waals surface area (Å²) < 4.78 is 53.1. The molecule has 0 bridgehead atoms. The van der Waals surface area contributed by atoms with Crippen LogP contribution in [-0.4, -0.2) is 27.1 Å². The number of H-pyrrole nitrogens is 1. The molecule has 0 fully saturated rings. The number of carboxylic acid groups (broad SMARTS) is 2. The number of nitrogens with one attached hydrogen (secondary N) is 1. The third kappa shape index (κ3) is 3.14. The lowest BCUT2D eigenvalue weighted by Gasteiger charge is -2.17. The van der Waals surface area contributed by atoms with E-state index in [1.165, 1.54) is 0 Å². The molecule has 0 amide bonds. The number of aromatic carboxylic acids is 2. The normalized spacial score (nSPS) is 11.4. The number of benzene rings is 1. The second kappa shape index (κ2) is 6.44. The van der Waals surface area contributed by atoms with Crippen molar-refractivity contribution in [1.29, 1.82) is 0 Å². The van der Waals surface area contributed by atoms with Crippen molar-refractivity contribution in [3.63, 3.8) is 0 Å². The third-order valence-corrected chi connectivity index (χ3v) is 3.98. The van der Waals surface area contributed by atoms with Gasteiger partial charge < -0.3 is 20.9 Å². The monoisotopic (exact) mass is 438 g/mol. The van der Waals surface area contributed by atoms with Gasteiger partial charge in [-0.05, 0) is 12.1 Å². The minimum Gasteiger partial charge on any atom is -0.478 e.